The molecule has 1 aromatic carbocycles. The molecule has 0 saturated carbocycles. The summed E-state index contributed by atoms with van der Waals surface area (Å²) in [6.07, 6.45) is 2.39. The van der Waals surface area contributed by atoms with E-state index in [0.717, 1.165) is 13.1 Å². The van der Waals surface area contributed by atoms with E-state index >= 15 is 0 Å². The van der Waals surface area contributed by atoms with E-state index in [4.69, 9.17) is 21.9 Å². The van der Waals surface area contributed by atoms with Gasteiger partial charge in [-0.25, -0.2) is 4.39 Å². The van der Waals surface area contributed by atoms with Gasteiger partial charge in [0.15, 0.2) is 5.82 Å². The zero-order chi connectivity index (χ0) is 14.8. The Hall–Kier alpha value is -1.50. The minimum absolute atomic E-state index is 0.121. The number of hydrogen-bond acceptors (Lipinski definition) is 5. The van der Waals surface area contributed by atoms with Gasteiger partial charge in [0.05, 0.1) is 11.6 Å². The fraction of sp³-hybridized carbons (Fsp3) is 0.429. The fourth-order valence-corrected chi connectivity index (χ4v) is 2.64. The van der Waals surface area contributed by atoms with Crippen molar-refractivity contribution < 1.29 is 8.91 Å². The quantitative estimate of drug-likeness (QED) is 0.940. The Balaban J connectivity index is 1.76. The van der Waals surface area contributed by atoms with E-state index in [1.165, 1.54) is 25.0 Å². The average Bonchev–Trinajstić information content (AvgIpc) is 3.09. The highest BCUT2D eigenvalue weighted by Gasteiger charge is 2.21. The van der Waals surface area contributed by atoms with E-state index in [2.05, 4.69) is 15.0 Å². The van der Waals surface area contributed by atoms with E-state index in [1.54, 1.807) is 6.07 Å². The largest absolute Gasteiger partial charge is 0.334 e. The highest BCUT2D eigenvalue weighted by Crippen LogP contribution is 2.25. The number of rotatable bonds is 4. The molecule has 2 aromatic rings. The smallest absolute Gasteiger partial charge is 0.260 e. The number of aromatic nitrogens is 2. The molecular weight excluding hydrogens is 295 g/mol. The maximum atomic E-state index is 13.8. The fourth-order valence-electron chi connectivity index (χ4n) is 2.48. The van der Waals surface area contributed by atoms with Gasteiger partial charge >= 0.3 is 0 Å². The van der Waals surface area contributed by atoms with Crippen LogP contribution >= 0.6 is 11.6 Å². The van der Waals surface area contributed by atoms with E-state index in [9.17, 15) is 4.39 Å². The number of likely N-dealkylation sites (tertiary alicyclic amines) is 1. The standard InChI is InChI=1S/C14H16ClFN4O/c15-9-3-4-10(11(16)7-9)14-18-13(19-21-14)12(17)8-20-5-1-2-6-20/h3-4,7,12H,1-2,5-6,8,17H2. The molecule has 1 aliphatic heterocycles. The molecule has 0 radical (unpaired) electrons. The molecule has 1 aromatic heterocycles. The van der Waals surface area contributed by atoms with Crippen LogP contribution in [-0.2, 0) is 0 Å². The maximum Gasteiger partial charge on any atom is 0.260 e. The Kier molecular flexibility index (Phi) is 4.19. The summed E-state index contributed by atoms with van der Waals surface area (Å²) in [6.45, 7) is 2.77. The van der Waals surface area contributed by atoms with Crippen LogP contribution in [0.25, 0.3) is 11.5 Å². The first-order valence-corrected chi connectivity index (χ1v) is 7.28. The molecule has 7 heteroatoms. The summed E-state index contributed by atoms with van der Waals surface area (Å²) in [7, 11) is 0. The molecular formula is C14H16ClFN4O. The number of nitrogens with two attached hydrogens (primary N) is 1. The number of hydrogen-bond donors (Lipinski definition) is 1. The third kappa shape index (κ3) is 3.23. The van der Waals surface area contributed by atoms with Crippen molar-refractivity contribution in [2.45, 2.75) is 18.9 Å². The minimum Gasteiger partial charge on any atom is -0.334 e. The number of benzene rings is 1. The lowest BCUT2D eigenvalue weighted by molar-refractivity contribution is 0.306. The lowest BCUT2D eigenvalue weighted by atomic mass is 10.2. The molecule has 1 aliphatic rings. The molecule has 5 nitrogen and oxygen atoms in total. The van der Waals surface area contributed by atoms with Crippen LogP contribution in [0.1, 0.15) is 24.7 Å². The monoisotopic (exact) mass is 310 g/mol. The third-order valence-corrected chi connectivity index (χ3v) is 3.82. The first kappa shape index (κ1) is 14.4. The van der Waals surface area contributed by atoms with Crippen molar-refractivity contribution >= 4 is 11.6 Å². The Morgan fingerprint density at radius 2 is 2.14 bits per heavy atom. The van der Waals surface area contributed by atoms with E-state index in [-0.39, 0.29) is 17.5 Å². The summed E-state index contributed by atoms with van der Waals surface area (Å²) in [4.78, 5) is 6.47. The van der Waals surface area contributed by atoms with Crippen LogP contribution in [0.15, 0.2) is 22.7 Å². The van der Waals surface area contributed by atoms with Crippen LogP contribution in [-0.4, -0.2) is 34.7 Å². The Labute approximate surface area is 126 Å². The van der Waals surface area contributed by atoms with Gasteiger partial charge in [-0.1, -0.05) is 16.8 Å². The molecule has 2 heterocycles. The SMILES string of the molecule is NC(CN1CCCC1)c1noc(-c2ccc(Cl)cc2F)n1. The first-order chi connectivity index (χ1) is 10.1. The first-order valence-electron chi connectivity index (χ1n) is 6.90. The van der Waals surface area contributed by atoms with Gasteiger partial charge in [0, 0.05) is 11.6 Å². The van der Waals surface area contributed by atoms with E-state index in [1.807, 2.05) is 0 Å². The van der Waals surface area contributed by atoms with Crippen molar-refractivity contribution in [3.05, 3.63) is 34.9 Å². The zero-order valence-corrected chi connectivity index (χ0v) is 12.2. The Morgan fingerprint density at radius 3 is 2.86 bits per heavy atom. The summed E-state index contributed by atoms with van der Waals surface area (Å²) in [5.74, 6) is 0.0214. The molecule has 0 aliphatic carbocycles. The Morgan fingerprint density at radius 1 is 1.38 bits per heavy atom. The van der Waals surface area contributed by atoms with Crippen molar-refractivity contribution in [1.29, 1.82) is 0 Å². The Bertz CT molecular complexity index is 627. The van der Waals surface area contributed by atoms with Gasteiger partial charge in [0.2, 0.25) is 0 Å². The maximum absolute atomic E-state index is 13.8. The van der Waals surface area contributed by atoms with E-state index < -0.39 is 5.82 Å². The lowest BCUT2D eigenvalue weighted by Gasteiger charge is -2.17. The van der Waals surface area contributed by atoms with Gasteiger partial charge in [0.25, 0.3) is 5.89 Å². The van der Waals surface area contributed by atoms with Crippen LogP contribution in [0.2, 0.25) is 5.02 Å². The zero-order valence-electron chi connectivity index (χ0n) is 11.4. The van der Waals surface area contributed by atoms with E-state index in [0.29, 0.717) is 17.4 Å². The summed E-state index contributed by atoms with van der Waals surface area (Å²) in [5, 5.41) is 4.18. The van der Waals surface area contributed by atoms with Gasteiger partial charge in [-0.3, -0.25) is 0 Å². The lowest BCUT2D eigenvalue weighted by Crippen LogP contribution is -2.30. The minimum atomic E-state index is -0.495. The predicted molar refractivity (Wildman–Crippen MR) is 77.3 cm³/mol. The van der Waals surface area contributed by atoms with Crippen molar-refractivity contribution in [2.75, 3.05) is 19.6 Å². The van der Waals surface area contributed by atoms with Crippen LogP contribution in [0, 0.1) is 5.82 Å². The second kappa shape index (κ2) is 6.09. The summed E-state index contributed by atoms with van der Waals surface area (Å²) in [6, 6.07) is 3.97. The predicted octanol–water partition coefficient (Wildman–Crippen LogP) is 2.62. The summed E-state index contributed by atoms with van der Waals surface area (Å²) >= 11 is 5.72. The topological polar surface area (TPSA) is 68.2 Å². The second-order valence-electron chi connectivity index (χ2n) is 5.20. The molecule has 1 fully saturated rings. The number of halogens is 2. The molecule has 0 bridgehead atoms. The average molecular weight is 311 g/mol. The molecule has 21 heavy (non-hydrogen) atoms. The summed E-state index contributed by atoms with van der Waals surface area (Å²) < 4.78 is 18.9. The summed E-state index contributed by atoms with van der Waals surface area (Å²) in [5.41, 5.74) is 6.32. The highest BCUT2D eigenvalue weighted by atomic mass is 35.5. The number of nitrogens with zero attached hydrogens (tertiary/aromatic N) is 3. The molecule has 1 saturated heterocycles. The molecule has 0 amide bonds. The van der Waals surface area contributed by atoms with Crippen LogP contribution in [0.5, 0.6) is 0 Å². The molecule has 112 valence electrons. The van der Waals surface area contributed by atoms with Crippen molar-refractivity contribution in [1.82, 2.24) is 15.0 Å². The van der Waals surface area contributed by atoms with Crippen molar-refractivity contribution in [3.63, 3.8) is 0 Å². The van der Waals surface area contributed by atoms with Crippen LogP contribution in [0.3, 0.4) is 0 Å². The van der Waals surface area contributed by atoms with Crippen LogP contribution < -0.4 is 5.73 Å². The third-order valence-electron chi connectivity index (χ3n) is 3.59. The van der Waals surface area contributed by atoms with Crippen LogP contribution in [0.4, 0.5) is 4.39 Å². The highest BCUT2D eigenvalue weighted by molar-refractivity contribution is 6.30. The molecule has 2 N–H and O–H groups in total. The van der Waals surface area contributed by atoms with Crippen molar-refractivity contribution in [2.24, 2.45) is 5.73 Å². The van der Waals surface area contributed by atoms with Gasteiger partial charge < -0.3 is 15.2 Å². The van der Waals surface area contributed by atoms with Gasteiger partial charge in [-0.05, 0) is 44.1 Å². The normalized spacial score (nSPS) is 17.3. The van der Waals surface area contributed by atoms with Crippen molar-refractivity contribution in [3.8, 4) is 11.5 Å². The molecule has 1 atom stereocenters. The molecule has 3 rings (SSSR count). The van der Waals surface area contributed by atoms with Gasteiger partial charge in [-0.15, -0.1) is 0 Å². The second-order valence-corrected chi connectivity index (χ2v) is 5.63. The van der Waals surface area contributed by atoms with Gasteiger partial charge in [-0.2, -0.15) is 4.98 Å². The molecule has 1 unspecified atom stereocenters. The van der Waals surface area contributed by atoms with Gasteiger partial charge in [0.1, 0.15) is 5.82 Å². The molecule has 0 spiro atoms.